The zero-order chi connectivity index (χ0) is 17.4. The second kappa shape index (κ2) is 9.01. The first-order valence-corrected chi connectivity index (χ1v) is 8.37. The fourth-order valence-electron chi connectivity index (χ4n) is 2.71. The van der Waals surface area contributed by atoms with E-state index in [1.54, 1.807) is 49.5 Å². The summed E-state index contributed by atoms with van der Waals surface area (Å²) in [5.74, 6) is -0.150. The summed E-state index contributed by atoms with van der Waals surface area (Å²) in [5, 5.41) is 2.92. The van der Waals surface area contributed by atoms with Crippen LogP contribution in [0, 0.1) is 0 Å². The number of nitrogens with zero attached hydrogens (tertiary/aromatic N) is 2. The summed E-state index contributed by atoms with van der Waals surface area (Å²) in [7, 11) is 3.49. The average molecular weight is 327 g/mol. The van der Waals surface area contributed by atoms with Gasteiger partial charge in [-0.25, -0.2) is 0 Å². The predicted molar refractivity (Wildman–Crippen MR) is 94.5 cm³/mol. The van der Waals surface area contributed by atoms with Crippen molar-refractivity contribution in [3.63, 3.8) is 0 Å². The molecule has 2 amide bonds. The summed E-state index contributed by atoms with van der Waals surface area (Å²) in [6.45, 7) is 0.587. The van der Waals surface area contributed by atoms with Crippen LogP contribution in [0.1, 0.15) is 42.6 Å². The molecule has 0 saturated carbocycles. The third-order valence-corrected chi connectivity index (χ3v) is 4.11. The van der Waals surface area contributed by atoms with Crippen molar-refractivity contribution in [3.05, 3.63) is 53.4 Å². The number of amides is 2. The molecule has 2 rings (SSSR count). The fourth-order valence-corrected chi connectivity index (χ4v) is 2.71. The van der Waals surface area contributed by atoms with Crippen LogP contribution in [0.2, 0.25) is 0 Å². The van der Waals surface area contributed by atoms with Gasteiger partial charge in [0.25, 0.3) is 5.91 Å². The first kappa shape index (κ1) is 17.9. The van der Waals surface area contributed by atoms with Gasteiger partial charge in [-0.3, -0.25) is 14.6 Å². The summed E-state index contributed by atoms with van der Waals surface area (Å²) in [4.78, 5) is 29.3. The minimum absolute atomic E-state index is 0.00382. The number of hydrogen-bond donors (Lipinski definition) is 1. The smallest absolute Gasteiger partial charge is 0.269 e. The minimum Gasteiger partial charge on any atom is -0.350 e. The summed E-state index contributed by atoms with van der Waals surface area (Å²) >= 11 is 0. The van der Waals surface area contributed by atoms with Gasteiger partial charge in [-0.2, -0.15) is 0 Å². The molecule has 0 atom stereocenters. The van der Waals surface area contributed by atoms with Gasteiger partial charge < -0.3 is 10.2 Å². The Balaban J connectivity index is 1.93. The third kappa shape index (κ3) is 5.33. The molecular weight excluding hydrogens is 302 g/mol. The van der Waals surface area contributed by atoms with E-state index in [-0.39, 0.29) is 11.8 Å². The summed E-state index contributed by atoms with van der Waals surface area (Å²) in [6, 6.07) is 5.30. The van der Waals surface area contributed by atoms with Crippen molar-refractivity contribution in [2.24, 2.45) is 0 Å². The molecule has 1 N–H and O–H groups in total. The molecule has 1 aliphatic carbocycles. The molecule has 5 heteroatoms. The first-order chi connectivity index (χ1) is 11.6. The van der Waals surface area contributed by atoms with Crippen molar-refractivity contribution < 1.29 is 9.59 Å². The number of nitrogens with one attached hydrogen (secondary N) is 1. The van der Waals surface area contributed by atoms with Crippen molar-refractivity contribution in [2.45, 2.75) is 32.1 Å². The van der Waals surface area contributed by atoms with Crippen LogP contribution in [0.15, 0.2) is 47.7 Å². The van der Waals surface area contributed by atoms with E-state index >= 15 is 0 Å². The molecule has 0 saturated heterocycles. The lowest BCUT2D eigenvalue weighted by Gasteiger charge is -2.18. The fraction of sp³-hybridized carbons (Fsp3) is 0.421. The highest BCUT2D eigenvalue weighted by Crippen LogP contribution is 2.27. The van der Waals surface area contributed by atoms with Gasteiger partial charge in [0.1, 0.15) is 5.69 Å². The maximum absolute atomic E-state index is 12.0. The molecule has 0 spiro atoms. The van der Waals surface area contributed by atoms with Gasteiger partial charge in [-0.15, -0.1) is 0 Å². The number of rotatable bonds is 6. The zero-order valence-electron chi connectivity index (χ0n) is 14.4. The number of carbonyl (C=O) groups is 2. The number of carbonyl (C=O) groups excluding carboxylic acids is 2. The Bertz CT molecular complexity index is 633. The van der Waals surface area contributed by atoms with Gasteiger partial charge in [0.15, 0.2) is 0 Å². The van der Waals surface area contributed by atoms with Crippen LogP contribution in [0.5, 0.6) is 0 Å². The normalized spacial score (nSPS) is 14.8. The van der Waals surface area contributed by atoms with Gasteiger partial charge in [0.05, 0.1) is 0 Å². The van der Waals surface area contributed by atoms with E-state index in [2.05, 4.69) is 10.3 Å². The Labute approximate surface area is 143 Å². The number of hydrogen-bond acceptors (Lipinski definition) is 3. The maximum Gasteiger partial charge on any atom is 0.269 e. The van der Waals surface area contributed by atoms with Crippen LogP contribution in [-0.4, -0.2) is 42.3 Å². The van der Waals surface area contributed by atoms with Gasteiger partial charge in [0.2, 0.25) is 5.91 Å². The molecule has 0 aromatic carbocycles. The van der Waals surface area contributed by atoms with Gasteiger partial charge in [0, 0.05) is 32.9 Å². The monoisotopic (exact) mass is 327 g/mol. The Kier molecular flexibility index (Phi) is 6.73. The number of likely N-dealkylation sites (N-methyl/N-ethyl adjacent to an activating group) is 1. The van der Waals surface area contributed by atoms with Crippen LogP contribution < -0.4 is 5.32 Å². The van der Waals surface area contributed by atoms with Crippen molar-refractivity contribution in [2.75, 3.05) is 20.6 Å². The Hall–Kier alpha value is -2.43. The molecular formula is C19H25N3O2. The average Bonchev–Trinajstić information content (AvgIpc) is 2.61. The van der Waals surface area contributed by atoms with Crippen LogP contribution >= 0.6 is 0 Å². The first-order valence-electron chi connectivity index (χ1n) is 8.37. The molecule has 1 heterocycles. The molecule has 24 heavy (non-hydrogen) atoms. The second-order valence-electron chi connectivity index (χ2n) is 6.12. The molecule has 1 aromatic heterocycles. The Morgan fingerprint density at radius 3 is 2.75 bits per heavy atom. The van der Waals surface area contributed by atoms with Crippen LogP contribution in [-0.2, 0) is 4.79 Å². The number of aromatic nitrogens is 1. The van der Waals surface area contributed by atoms with Crippen LogP contribution in [0.25, 0.3) is 0 Å². The predicted octanol–water partition coefficient (Wildman–Crippen LogP) is 2.72. The lowest BCUT2D eigenvalue weighted by Crippen LogP contribution is -2.25. The van der Waals surface area contributed by atoms with E-state index in [0.29, 0.717) is 12.2 Å². The third-order valence-electron chi connectivity index (χ3n) is 4.11. The standard InChI is InChI=1S/C19H25N3O2/c1-22(2)18(23)11-10-15-7-3-4-8-16(15)12-14-21-19(24)17-9-5-6-13-20-17/h5-6,9-11,13H,3-4,7-8,12,14H2,1-2H3,(H,21,24)/b11-10+. The number of pyridine rings is 1. The molecule has 1 aromatic rings. The second-order valence-corrected chi connectivity index (χ2v) is 6.12. The Morgan fingerprint density at radius 2 is 2.04 bits per heavy atom. The van der Waals surface area contributed by atoms with E-state index in [0.717, 1.165) is 25.7 Å². The van der Waals surface area contributed by atoms with E-state index in [9.17, 15) is 9.59 Å². The minimum atomic E-state index is -0.146. The highest BCUT2D eigenvalue weighted by molar-refractivity contribution is 5.92. The molecule has 0 aliphatic heterocycles. The summed E-state index contributed by atoms with van der Waals surface area (Å²) in [6.07, 6.45) is 10.4. The molecule has 1 aliphatic rings. The molecule has 5 nitrogen and oxygen atoms in total. The van der Waals surface area contributed by atoms with Gasteiger partial charge >= 0.3 is 0 Å². The van der Waals surface area contributed by atoms with Crippen LogP contribution in [0.3, 0.4) is 0 Å². The quantitative estimate of drug-likeness (QED) is 0.817. The summed E-state index contributed by atoms with van der Waals surface area (Å²) < 4.78 is 0. The summed E-state index contributed by atoms with van der Waals surface area (Å²) in [5.41, 5.74) is 3.01. The number of allylic oxidation sites excluding steroid dienone is 2. The van der Waals surface area contributed by atoms with Crippen molar-refractivity contribution in [3.8, 4) is 0 Å². The van der Waals surface area contributed by atoms with E-state index in [1.165, 1.54) is 17.6 Å². The molecule has 128 valence electrons. The molecule has 0 bridgehead atoms. The van der Waals surface area contributed by atoms with E-state index < -0.39 is 0 Å². The van der Waals surface area contributed by atoms with Gasteiger partial charge in [-0.05, 0) is 49.8 Å². The SMILES string of the molecule is CN(C)C(=O)/C=C/C1=C(CCNC(=O)c2ccccn2)CCCC1. The largest absolute Gasteiger partial charge is 0.350 e. The van der Waals surface area contributed by atoms with Crippen molar-refractivity contribution in [1.82, 2.24) is 15.2 Å². The molecule has 0 radical (unpaired) electrons. The Morgan fingerprint density at radius 1 is 1.25 bits per heavy atom. The van der Waals surface area contributed by atoms with Crippen molar-refractivity contribution >= 4 is 11.8 Å². The van der Waals surface area contributed by atoms with Gasteiger partial charge in [-0.1, -0.05) is 17.7 Å². The topological polar surface area (TPSA) is 62.3 Å². The maximum atomic E-state index is 12.0. The molecule has 0 unspecified atom stereocenters. The van der Waals surface area contributed by atoms with E-state index in [1.807, 2.05) is 6.08 Å². The van der Waals surface area contributed by atoms with Crippen molar-refractivity contribution in [1.29, 1.82) is 0 Å². The van der Waals surface area contributed by atoms with Crippen LogP contribution in [0.4, 0.5) is 0 Å². The lowest BCUT2D eigenvalue weighted by atomic mass is 9.89. The lowest BCUT2D eigenvalue weighted by molar-refractivity contribution is -0.123. The molecule has 0 fully saturated rings. The highest BCUT2D eigenvalue weighted by Gasteiger charge is 2.12. The van der Waals surface area contributed by atoms with E-state index in [4.69, 9.17) is 0 Å². The zero-order valence-corrected chi connectivity index (χ0v) is 14.4. The highest BCUT2D eigenvalue weighted by atomic mass is 16.2.